The quantitative estimate of drug-likeness (QED) is 0.720. The van der Waals surface area contributed by atoms with E-state index in [0.717, 1.165) is 17.2 Å². The number of rotatable bonds is 7. The molecule has 136 valence electrons. The molecule has 1 heterocycles. The maximum atomic E-state index is 12.8. The number of hydrogen-bond acceptors (Lipinski definition) is 3. The summed E-state index contributed by atoms with van der Waals surface area (Å²) in [6.07, 6.45) is -2.94. The van der Waals surface area contributed by atoms with Crippen LogP contribution in [0.3, 0.4) is 0 Å². The number of pyridine rings is 1. The fourth-order valence-electron chi connectivity index (χ4n) is 2.03. The first kappa shape index (κ1) is 19.2. The maximum absolute atomic E-state index is 12.8. The van der Waals surface area contributed by atoms with Crippen molar-refractivity contribution in [2.24, 2.45) is 0 Å². The van der Waals surface area contributed by atoms with Gasteiger partial charge in [0.25, 0.3) is 5.56 Å². The summed E-state index contributed by atoms with van der Waals surface area (Å²) in [4.78, 5) is 11.8. The molecule has 0 spiro atoms. The zero-order chi connectivity index (χ0) is 18.4. The van der Waals surface area contributed by atoms with Gasteiger partial charge < -0.3 is 14.0 Å². The van der Waals surface area contributed by atoms with E-state index in [9.17, 15) is 18.0 Å². The lowest BCUT2D eigenvalue weighted by molar-refractivity contribution is -0.138. The lowest BCUT2D eigenvalue weighted by atomic mass is 10.2. The number of halogens is 4. The van der Waals surface area contributed by atoms with Crippen molar-refractivity contribution in [3.05, 3.63) is 57.5 Å². The van der Waals surface area contributed by atoms with E-state index in [1.54, 1.807) is 24.3 Å². The lowest BCUT2D eigenvalue weighted by Crippen LogP contribution is -2.25. The van der Waals surface area contributed by atoms with E-state index in [1.165, 1.54) is 0 Å². The third-order valence-corrected chi connectivity index (χ3v) is 3.54. The highest BCUT2D eigenvalue weighted by atomic mass is 35.5. The fraction of sp³-hybridized carbons (Fsp3) is 0.353. The summed E-state index contributed by atoms with van der Waals surface area (Å²) in [7, 11) is 0. The Labute approximate surface area is 147 Å². The Morgan fingerprint density at radius 1 is 1.08 bits per heavy atom. The first-order valence-corrected chi connectivity index (χ1v) is 8.02. The fourth-order valence-corrected chi connectivity index (χ4v) is 2.26. The molecule has 0 aliphatic heterocycles. The van der Waals surface area contributed by atoms with Crippen LogP contribution in [0.25, 0.3) is 0 Å². The van der Waals surface area contributed by atoms with Gasteiger partial charge in [-0.2, -0.15) is 13.2 Å². The number of nitrogens with zero attached hydrogens (tertiary/aromatic N) is 1. The highest BCUT2D eigenvalue weighted by molar-refractivity contribution is 6.30. The van der Waals surface area contributed by atoms with E-state index in [-0.39, 0.29) is 13.2 Å². The molecule has 25 heavy (non-hydrogen) atoms. The molecule has 0 saturated carbocycles. The Balaban J connectivity index is 1.99. The molecule has 2 aromatic rings. The molecule has 0 N–H and O–H groups in total. The van der Waals surface area contributed by atoms with Gasteiger partial charge in [-0.05, 0) is 36.8 Å². The van der Waals surface area contributed by atoms with Gasteiger partial charge in [0.2, 0.25) is 0 Å². The Bertz CT molecular complexity index is 757. The second-order valence-corrected chi connectivity index (χ2v) is 5.65. The van der Waals surface area contributed by atoms with Crippen LogP contribution in [0.4, 0.5) is 13.2 Å². The van der Waals surface area contributed by atoms with Crippen LogP contribution in [0.1, 0.15) is 18.9 Å². The van der Waals surface area contributed by atoms with Gasteiger partial charge in [0.05, 0.1) is 18.7 Å². The molecule has 2 rings (SSSR count). The first-order valence-electron chi connectivity index (χ1n) is 7.64. The van der Waals surface area contributed by atoms with Crippen LogP contribution in [-0.4, -0.2) is 17.8 Å². The van der Waals surface area contributed by atoms with Crippen LogP contribution in [0.2, 0.25) is 5.02 Å². The van der Waals surface area contributed by atoms with Gasteiger partial charge in [0.1, 0.15) is 23.1 Å². The Hall–Kier alpha value is -2.15. The van der Waals surface area contributed by atoms with Gasteiger partial charge in [0, 0.05) is 6.20 Å². The summed E-state index contributed by atoms with van der Waals surface area (Å²) in [6, 6.07) is 7.46. The van der Waals surface area contributed by atoms with Crippen molar-refractivity contribution in [2.75, 3.05) is 13.2 Å². The summed E-state index contributed by atoms with van der Waals surface area (Å²) < 4.78 is 50.1. The molecule has 0 atom stereocenters. The molecule has 0 bridgehead atoms. The van der Waals surface area contributed by atoms with E-state index < -0.39 is 22.3 Å². The number of alkyl halides is 3. The molecule has 0 unspecified atom stereocenters. The molecule has 0 fully saturated rings. The smallest absolute Gasteiger partial charge is 0.417 e. The van der Waals surface area contributed by atoms with Gasteiger partial charge in [0.15, 0.2) is 0 Å². The topological polar surface area (TPSA) is 40.5 Å². The van der Waals surface area contributed by atoms with Gasteiger partial charge >= 0.3 is 6.18 Å². The predicted molar refractivity (Wildman–Crippen MR) is 88.4 cm³/mol. The van der Waals surface area contributed by atoms with Crippen LogP contribution >= 0.6 is 11.6 Å². The number of aromatic nitrogens is 1. The average molecular weight is 376 g/mol. The predicted octanol–water partition coefficient (Wildman–Crippen LogP) is 4.39. The van der Waals surface area contributed by atoms with E-state index in [2.05, 4.69) is 0 Å². The lowest BCUT2D eigenvalue weighted by Gasteiger charge is -2.12. The summed E-state index contributed by atoms with van der Waals surface area (Å²) >= 11 is 5.59. The highest BCUT2D eigenvalue weighted by Crippen LogP contribution is 2.29. The summed E-state index contributed by atoms with van der Waals surface area (Å²) in [5.74, 6) is 1.23. The van der Waals surface area contributed by atoms with Crippen LogP contribution in [0.15, 0.2) is 41.3 Å². The average Bonchev–Trinajstić information content (AvgIpc) is 2.56. The standard InChI is InChI=1S/C17H17ClF3NO3/c1-2-8-24-13-3-5-14(6-4-13)25-9-7-22-11-12(17(19,20)21)10-15(18)16(22)23/h3-6,10-11H,2,7-9H2,1H3. The minimum Gasteiger partial charge on any atom is -0.494 e. The van der Waals surface area contributed by atoms with E-state index in [0.29, 0.717) is 24.2 Å². The van der Waals surface area contributed by atoms with Crippen LogP contribution < -0.4 is 15.0 Å². The van der Waals surface area contributed by atoms with Crippen LogP contribution in [0.5, 0.6) is 11.5 Å². The normalized spacial score (nSPS) is 11.4. The Morgan fingerprint density at radius 3 is 2.16 bits per heavy atom. The Kier molecular flexibility index (Phi) is 6.36. The van der Waals surface area contributed by atoms with Gasteiger partial charge in [-0.25, -0.2) is 0 Å². The molecule has 0 aliphatic rings. The molecule has 4 nitrogen and oxygen atoms in total. The van der Waals surface area contributed by atoms with Crippen molar-refractivity contribution >= 4 is 11.6 Å². The zero-order valence-corrected chi connectivity index (χ0v) is 14.2. The molecule has 1 aromatic heterocycles. The first-order chi connectivity index (χ1) is 11.8. The number of ether oxygens (including phenoxy) is 2. The molecule has 0 amide bonds. The monoisotopic (exact) mass is 375 g/mol. The van der Waals surface area contributed by atoms with E-state index in [4.69, 9.17) is 21.1 Å². The second kappa shape index (κ2) is 8.29. The minimum atomic E-state index is -4.58. The van der Waals surface area contributed by atoms with Crippen molar-refractivity contribution in [2.45, 2.75) is 26.1 Å². The van der Waals surface area contributed by atoms with E-state index >= 15 is 0 Å². The summed E-state index contributed by atoms with van der Waals surface area (Å²) in [6.45, 7) is 2.57. The molecular formula is C17H17ClF3NO3. The van der Waals surface area contributed by atoms with Crippen molar-refractivity contribution in [3.8, 4) is 11.5 Å². The minimum absolute atomic E-state index is 0.0205. The molecule has 0 radical (unpaired) electrons. The molecule has 0 saturated heterocycles. The molecular weight excluding hydrogens is 359 g/mol. The maximum Gasteiger partial charge on any atom is 0.417 e. The Morgan fingerprint density at radius 2 is 1.64 bits per heavy atom. The van der Waals surface area contributed by atoms with Crippen LogP contribution in [0, 0.1) is 0 Å². The van der Waals surface area contributed by atoms with Gasteiger partial charge in [-0.15, -0.1) is 0 Å². The third kappa shape index (κ3) is 5.42. The number of benzene rings is 1. The molecule has 1 aromatic carbocycles. The highest BCUT2D eigenvalue weighted by Gasteiger charge is 2.32. The molecule has 8 heteroatoms. The second-order valence-electron chi connectivity index (χ2n) is 5.24. The number of hydrogen-bond donors (Lipinski definition) is 0. The van der Waals surface area contributed by atoms with Crippen molar-refractivity contribution in [1.29, 1.82) is 0 Å². The molecule has 0 aliphatic carbocycles. The van der Waals surface area contributed by atoms with E-state index in [1.807, 2.05) is 6.92 Å². The van der Waals surface area contributed by atoms with Crippen molar-refractivity contribution in [1.82, 2.24) is 4.57 Å². The third-order valence-electron chi connectivity index (χ3n) is 3.27. The SMILES string of the molecule is CCCOc1ccc(OCCn2cc(C(F)(F)F)cc(Cl)c2=O)cc1. The van der Waals surface area contributed by atoms with Crippen molar-refractivity contribution in [3.63, 3.8) is 0 Å². The summed E-state index contributed by atoms with van der Waals surface area (Å²) in [5, 5.41) is -0.479. The zero-order valence-electron chi connectivity index (χ0n) is 13.5. The van der Waals surface area contributed by atoms with Crippen LogP contribution in [-0.2, 0) is 12.7 Å². The largest absolute Gasteiger partial charge is 0.494 e. The van der Waals surface area contributed by atoms with Crippen molar-refractivity contribution < 1.29 is 22.6 Å². The van der Waals surface area contributed by atoms with Gasteiger partial charge in [-0.3, -0.25) is 4.79 Å². The van der Waals surface area contributed by atoms with Gasteiger partial charge in [-0.1, -0.05) is 18.5 Å². The summed E-state index contributed by atoms with van der Waals surface area (Å²) in [5.41, 5.74) is -1.67.